The van der Waals surface area contributed by atoms with Crippen molar-refractivity contribution in [3.05, 3.63) is 97.9 Å². The number of aromatic nitrogens is 2. The van der Waals surface area contributed by atoms with E-state index in [1.807, 2.05) is 34.9 Å². The number of benzene rings is 2. The maximum atomic E-state index is 13.7. The van der Waals surface area contributed by atoms with Crippen LogP contribution in [-0.2, 0) is 25.8 Å². The molecule has 0 fully saturated rings. The average Bonchev–Trinajstić information content (AvgIpc) is 3.11. The van der Waals surface area contributed by atoms with Crippen molar-refractivity contribution < 1.29 is 0 Å². The lowest BCUT2D eigenvalue weighted by atomic mass is 9.97. The van der Waals surface area contributed by atoms with Crippen molar-refractivity contribution in [3.8, 4) is 0 Å². The first kappa shape index (κ1) is 18.3. The number of thiophene rings is 1. The summed E-state index contributed by atoms with van der Waals surface area (Å²) in [6.45, 7) is 2.68. The number of fused-ring (bicyclic) bond motifs is 3. The van der Waals surface area contributed by atoms with Crippen molar-refractivity contribution in [2.24, 2.45) is 0 Å². The summed E-state index contributed by atoms with van der Waals surface area (Å²) >= 11 is 1.73. The molecule has 4 heteroatoms. The Morgan fingerprint density at radius 3 is 2.59 bits per heavy atom. The number of nitrogens with zero attached hydrogens (tertiary/aromatic N) is 2. The minimum absolute atomic E-state index is 0.128. The molecule has 4 aromatic rings. The van der Waals surface area contributed by atoms with E-state index in [4.69, 9.17) is 4.98 Å². The summed E-state index contributed by atoms with van der Waals surface area (Å²) in [5.74, 6) is 0.857. The highest BCUT2D eigenvalue weighted by molar-refractivity contribution is 7.18. The fourth-order valence-corrected chi connectivity index (χ4v) is 5.59. The minimum Gasteiger partial charge on any atom is -0.291 e. The van der Waals surface area contributed by atoms with Crippen molar-refractivity contribution in [2.75, 3.05) is 0 Å². The van der Waals surface area contributed by atoms with Crippen molar-refractivity contribution >= 4 is 21.6 Å². The van der Waals surface area contributed by atoms with Crippen molar-refractivity contribution in [3.63, 3.8) is 0 Å². The molecule has 2 aromatic heterocycles. The molecule has 0 aliphatic heterocycles. The van der Waals surface area contributed by atoms with Gasteiger partial charge < -0.3 is 0 Å². The Balaban J connectivity index is 1.70. The highest BCUT2D eigenvalue weighted by Gasteiger charge is 2.22. The lowest BCUT2D eigenvalue weighted by Gasteiger charge is -2.15. The van der Waals surface area contributed by atoms with Gasteiger partial charge in [0.05, 0.1) is 11.9 Å². The first-order valence-corrected chi connectivity index (χ1v) is 11.1. The molecule has 0 spiro atoms. The largest absolute Gasteiger partial charge is 0.291 e. The van der Waals surface area contributed by atoms with Crippen LogP contribution in [0.5, 0.6) is 0 Å². The first-order chi connectivity index (χ1) is 14.2. The Morgan fingerprint density at radius 1 is 1.00 bits per heavy atom. The first-order valence-electron chi connectivity index (χ1n) is 10.3. The predicted molar refractivity (Wildman–Crippen MR) is 120 cm³/mol. The van der Waals surface area contributed by atoms with E-state index in [-0.39, 0.29) is 5.56 Å². The van der Waals surface area contributed by atoms with Gasteiger partial charge in [-0.2, -0.15) is 0 Å². The molecule has 0 bridgehead atoms. The molecule has 0 saturated heterocycles. The maximum absolute atomic E-state index is 13.7. The fraction of sp³-hybridized carbons (Fsp3) is 0.280. The Bertz CT molecular complexity index is 1240. The zero-order valence-electron chi connectivity index (χ0n) is 16.6. The normalized spacial score (nSPS) is 13.6. The highest BCUT2D eigenvalue weighted by atomic mass is 32.1. The highest BCUT2D eigenvalue weighted by Crippen LogP contribution is 2.34. The van der Waals surface area contributed by atoms with Crippen LogP contribution in [0.25, 0.3) is 10.2 Å². The molecule has 0 atom stereocenters. The van der Waals surface area contributed by atoms with E-state index in [0.29, 0.717) is 13.0 Å². The van der Waals surface area contributed by atoms with Gasteiger partial charge in [-0.05, 0) is 54.9 Å². The number of aryl methyl sites for hydroxylation is 3. The quantitative estimate of drug-likeness (QED) is 0.467. The van der Waals surface area contributed by atoms with Gasteiger partial charge >= 0.3 is 0 Å². The molecule has 3 nitrogen and oxygen atoms in total. The van der Waals surface area contributed by atoms with Crippen LogP contribution >= 0.6 is 11.3 Å². The van der Waals surface area contributed by atoms with Gasteiger partial charge in [-0.25, -0.2) is 4.98 Å². The SMILES string of the molecule is Cc1ccccc1Cn1c(Cc2ccccc2)nc2sc3c(c2c1=O)CCCC3. The molecule has 0 radical (unpaired) electrons. The summed E-state index contributed by atoms with van der Waals surface area (Å²) in [6.07, 6.45) is 5.15. The summed E-state index contributed by atoms with van der Waals surface area (Å²) in [7, 11) is 0. The molecule has 2 aromatic carbocycles. The predicted octanol–water partition coefficient (Wildman–Crippen LogP) is 5.28. The molecule has 0 saturated carbocycles. The molecule has 0 amide bonds. The molecule has 0 unspecified atom stereocenters. The zero-order valence-corrected chi connectivity index (χ0v) is 17.5. The Hall–Kier alpha value is -2.72. The van der Waals surface area contributed by atoms with Gasteiger partial charge in [0.1, 0.15) is 10.7 Å². The van der Waals surface area contributed by atoms with E-state index in [2.05, 4.69) is 31.2 Å². The Morgan fingerprint density at radius 2 is 1.76 bits per heavy atom. The second-order valence-electron chi connectivity index (χ2n) is 7.90. The summed E-state index contributed by atoms with van der Waals surface area (Å²) in [5, 5.41) is 0.870. The summed E-state index contributed by atoms with van der Waals surface area (Å²) in [4.78, 5) is 21.1. The van der Waals surface area contributed by atoms with Crippen LogP contribution < -0.4 is 5.56 Å². The average molecular weight is 401 g/mol. The van der Waals surface area contributed by atoms with Gasteiger partial charge in [-0.3, -0.25) is 9.36 Å². The second-order valence-corrected chi connectivity index (χ2v) is 8.98. The van der Waals surface area contributed by atoms with Gasteiger partial charge in [-0.15, -0.1) is 11.3 Å². The number of hydrogen-bond acceptors (Lipinski definition) is 3. The fourth-order valence-electron chi connectivity index (χ4n) is 4.31. The van der Waals surface area contributed by atoms with Crippen LogP contribution in [0.1, 0.15) is 45.8 Å². The standard InChI is InChI=1S/C25H24N2OS/c1-17-9-5-6-12-19(17)16-27-22(15-18-10-3-2-4-11-18)26-24-23(25(27)28)20-13-7-8-14-21(20)29-24/h2-6,9-12H,7-8,13-16H2,1H3. The third-order valence-electron chi connectivity index (χ3n) is 5.95. The van der Waals surface area contributed by atoms with Crippen LogP contribution in [0.4, 0.5) is 0 Å². The minimum atomic E-state index is 0.128. The van der Waals surface area contributed by atoms with E-state index in [1.165, 1.54) is 40.0 Å². The lowest BCUT2D eigenvalue weighted by molar-refractivity contribution is 0.684. The smallest absolute Gasteiger partial charge is 0.262 e. The molecule has 146 valence electrons. The van der Waals surface area contributed by atoms with Crippen LogP contribution in [0.2, 0.25) is 0 Å². The van der Waals surface area contributed by atoms with Crippen molar-refractivity contribution in [1.82, 2.24) is 9.55 Å². The van der Waals surface area contributed by atoms with Crippen LogP contribution in [-0.4, -0.2) is 9.55 Å². The molecule has 2 heterocycles. The molecule has 29 heavy (non-hydrogen) atoms. The zero-order chi connectivity index (χ0) is 19.8. The van der Waals surface area contributed by atoms with E-state index >= 15 is 0 Å². The van der Waals surface area contributed by atoms with Crippen molar-refractivity contribution in [1.29, 1.82) is 0 Å². The molecular weight excluding hydrogens is 376 g/mol. The van der Waals surface area contributed by atoms with Crippen LogP contribution in [0.15, 0.2) is 59.4 Å². The molecule has 1 aliphatic carbocycles. The van der Waals surface area contributed by atoms with Crippen molar-refractivity contribution in [2.45, 2.75) is 45.6 Å². The molecule has 5 rings (SSSR count). The summed E-state index contributed by atoms with van der Waals surface area (Å²) < 4.78 is 1.92. The maximum Gasteiger partial charge on any atom is 0.262 e. The number of hydrogen-bond donors (Lipinski definition) is 0. The van der Waals surface area contributed by atoms with Crippen LogP contribution in [0, 0.1) is 6.92 Å². The van der Waals surface area contributed by atoms with Gasteiger partial charge in [0, 0.05) is 11.3 Å². The third-order valence-corrected chi connectivity index (χ3v) is 7.13. The van der Waals surface area contributed by atoms with Gasteiger partial charge in [-0.1, -0.05) is 54.6 Å². The van der Waals surface area contributed by atoms with Gasteiger partial charge in [0.2, 0.25) is 0 Å². The van der Waals surface area contributed by atoms with E-state index in [1.54, 1.807) is 11.3 Å². The molecule has 0 N–H and O–H groups in total. The van der Waals surface area contributed by atoms with Crippen LogP contribution in [0.3, 0.4) is 0 Å². The van der Waals surface area contributed by atoms with E-state index in [0.717, 1.165) is 28.9 Å². The number of rotatable bonds is 4. The lowest BCUT2D eigenvalue weighted by Crippen LogP contribution is -2.26. The van der Waals surface area contributed by atoms with Gasteiger partial charge in [0.25, 0.3) is 5.56 Å². The Kier molecular flexibility index (Phi) is 4.80. The molecule has 1 aliphatic rings. The summed E-state index contributed by atoms with van der Waals surface area (Å²) in [6, 6.07) is 18.6. The van der Waals surface area contributed by atoms with E-state index in [9.17, 15) is 4.79 Å². The molecular formula is C25H24N2OS. The monoisotopic (exact) mass is 400 g/mol. The topological polar surface area (TPSA) is 34.9 Å². The second kappa shape index (κ2) is 7.60. The van der Waals surface area contributed by atoms with E-state index < -0.39 is 0 Å². The Labute approximate surface area is 174 Å². The third kappa shape index (κ3) is 3.42. The van der Waals surface area contributed by atoms with Gasteiger partial charge in [0.15, 0.2) is 0 Å². The summed E-state index contributed by atoms with van der Waals surface area (Å²) in [5.41, 5.74) is 4.95.